The van der Waals surface area contributed by atoms with Gasteiger partial charge >= 0.3 is 0 Å². The lowest BCUT2D eigenvalue weighted by molar-refractivity contribution is 0.957. The molecule has 0 aliphatic heterocycles. The summed E-state index contributed by atoms with van der Waals surface area (Å²) in [4.78, 5) is 0. The summed E-state index contributed by atoms with van der Waals surface area (Å²) in [7, 11) is 0. The molecule has 0 saturated carbocycles. The minimum absolute atomic E-state index is 0.721. The third-order valence-electron chi connectivity index (χ3n) is 1.26. The van der Waals surface area contributed by atoms with Gasteiger partial charge in [0.1, 0.15) is 0 Å². The fraction of sp³-hybridized carbons (Fsp3) is 0.500. The molecule has 1 aromatic heterocycles. The van der Waals surface area contributed by atoms with Gasteiger partial charge in [0.15, 0.2) is 0 Å². The van der Waals surface area contributed by atoms with Gasteiger partial charge < -0.3 is 5.73 Å². The number of aromatic nitrogens is 1. The Kier molecular flexibility index (Phi) is 2.19. The van der Waals surface area contributed by atoms with E-state index >= 15 is 0 Å². The summed E-state index contributed by atoms with van der Waals surface area (Å²) >= 11 is 1.50. The van der Waals surface area contributed by atoms with Gasteiger partial charge in [-0.05, 0) is 37.0 Å². The van der Waals surface area contributed by atoms with Crippen molar-refractivity contribution in [2.24, 2.45) is 5.73 Å². The van der Waals surface area contributed by atoms with E-state index in [1.165, 1.54) is 17.1 Å². The molecule has 50 valence electrons. The molecule has 1 heterocycles. The molecule has 0 aromatic carbocycles. The van der Waals surface area contributed by atoms with Crippen LogP contribution in [0.1, 0.15) is 11.3 Å². The highest BCUT2D eigenvalue weighted by atomic mass is 32.1. The molecule has 2 nitrogen and oxygen atoms in total. The fourth-order valence-electron chi connectivity index (χ4n) is 0.708. The highest BCUT2D eigenvalue weighted by molar-refractivity contribution is 7.03. The molecule has 0 aliphatic rings. The van der Waals surface area contributed by atoms with Gasteiger partial charge in [-0.3, -0.25) is 0 Å². The Labute approximate surface area is 58.9 Å². The smallest absolute Gasteiger partial charge is 0.0543 e. The topological polar surface area (TPSA) is 38.9 Å². The van der Waals surface area contributed by atoms with Crippen LogP contribution in [0.5, 0.6) is 0 Å². The molecule has 1 rings (SSSR count). The second-order valence-electron chi connectivity index (χ2n) is 1.96. The largest absolute Gasteiger partial charge is 0.330 e. The van der Waals surface area contributed by atoms with E-state index in [1.807, 2.05) is 6.92 Å². The van der Waals surface area contributed by atoms with Crippen molar-refractivity contribution in [3.63, 3.8) is 0 Å². The van der Waals surface area contributed by atoms with Crippen LogP contribution in [0.4, 0.5) is 0 Å². The van der Waals surface area contributed by atoms with Gasteiger partial charge in [0.25, 0.3) is 0 Å². The van der Waals surface area contributed by atoms with Crippen LogP contribution in [0.15, 0.2) is 5.38 Å². The number of hydrogen-bond acceptors (Lipinski definition) is 3. The average molecular weight is 142 g/mol. The molecule has 0 aliphatic carbocycles. The van der Waals surface area contributed by atoms with Crippen LogP contribution in [0.3, 0.4) is 0 Å². The van der Waals surface area contributed by atoms with Crippen LogP contribution < -0.4 is 5.73 Å². The molecule has 3 heteroatoms. The molecular weight excluding hydrogens is 132 g/mol. The van der Waals surface area contributed by atoms with Crippen molar-refractivity contribution in [3.8, 4) is 0 Å². The Morgan fingerprint density at radius 3 is 3.00 bits per heavy atom. The first-order chi connectivity index (χ1) is 4.34. The monoisotopic (exact) mass is 142 g/mol. The maximum atomic E-state index is 5.37. The van der Waals surface area contributed by atoms with Crippen LogP contribution >= 0.6 is 11.5 Å². The van der Waals surface area contributed by atoms with Crippen molar-refractivity contribution in [1.29, 1.82) is 0 Å². The Morgan fingerprint density at radius 2 is 2.56 bits per heavy atom. The maximum absolute atomic E-state index is 5.37. The molecule has 0 atom stereocenters. The van der Waals surface area contributed by atoms with Gasteiger partial charge in [0.2, 0.25) is 0 Å². The van der Waals surface area contributed by atoms with E-state index < -0.39 is 0 Å². The Morgan fingerprint density at radius 1 is 1.78 bits per heavy atom. The Hall–Kier alpha value is -0.410. The molecule has 9 heavy (non-hydrogen) atoms. The fourth-order valence-corrected chi connectivity index (χ4v) is 1.45. The molecule has 0 fully saturated rings. The minimum Gasteiger partial charge on any atom is -0.330 e. The van der Waals surface area contributed by atoms with E-state index in [-0.39, 0.29) is 0 Å². The average Bonchev–Trinajstić information content (AvgIpc) is 2.18. The zero-order valence-electron chi connectivity index (χ0n) is 5.42. The second-order valence-corrected chi connectivity index (χ2v) is 2.59. The first-order valence-corrected chi connectivity index (χ1v) is 3.78. The zero-order valence-corrected chi connectivity index (χ0v) is 6.24. The minimum atomic E-state index is 0.721. The lowest BCUT2D eigenvalue weighted by Gasteiger charge is -1.91. The standard InChI is InChI=1S/C6H10N2S/c1-5-6(2-3-7)4-9-8-5/h4H,2-3,7H2,1H3. The second kappa shape index (κ2) is 2.94. The summed E-state index contributed by atoms with van der Waals surface area (Å²) in [6.07, 6.45) is 0.961. The van der Waals surface area contributed by atoms with Gasteiger partial charge in [-0.1, -0.05) is 0 Å². The lowest BCUT2D eigenvalue weighted by atomic mass is 10.2. The van der Waals surface area contributed by atoms with Crippen molar-refractivity contribution in [1.82, 2.24) is 4.37 Å². The number of nitrogens with zero attached hydrogens (tertiary/aromatic N) is 1. The van der Waals surface area contributed by atoms with Gasteiger partial charge in [-0.2, -0.15) is 4.37 Å². The van der Waals surface area contributed by atoms with E-state index in [0.717, 1.165) is 18.7 Å². The van der Waals surface area contributed by atoms with E-state index in [9.17, 15) is 0 Å². The number of nitrogens with two attached hydrogens (primary N) is 1. The highest BCUT2D eigenvalue weighted by Crippen LogP contribution is 2.08. The summed E-state index contributed by atoms with van der Waals surface area (Å²) in [5.41, 5.74) is 7.79. The molecule has 0 unspecified atom stereocenters. The molecule has 0 amide bonds. The molecule has 1 aromatic rings. The molecule has 0 bridgehead atoms. The Bertz CT molecular complexity index is 183. The number of aryl methyl sites for hydroxylation is 1. The van der Waals surface area contributed by atoms with Crippen molar-refractivity contribution >= 4 is 11.5 Å². The van der Waals surface area contributed by atoms with Crippen molar-refractivity contribution < 1.29 is 0 Å². The summed E-state index contributed by atoms with van der Waals surface area (Å²) in [5.74, 6) is 0. The first-order valence-electron chi connectivity index (χ1n) is 2.94. The molecule has 0 saturated heterocycles. The van der Waals surface area contributed by atoms with Gasteiger partial charge in [0.05, 0.1) is 5.69 Å². The Balaban J connectivity index is 2.69. The van der Waals surface area contributed by atoms with E-state index in [2.05, 4.69) is 9.75 Å². The first kappa shape index (κ1) is 6.71. The number of hydrogen-bond donors (Lipinski definition) is 1. The molecule has 2 N–H and O–H groups in total. The predicted octanol–water partition coefficient (Wildman–Crippen LogP) is 0.953. The summed E-state index contributed by atoms with van der Waals surface area (Å²) < 4.78 is 4.12. The third-order valence-corrected chi connectivity index (χ3v) is 2.03. The van der Waals surface area contributed by atoms with Gasteiger partial charge in [0, 0.05) is 5.38 Å². The predicted molar refractivity (Wildman–Crippen MR) is 39.6 cm³/mol. The summed E-state index contributed by atoms with van der Waals surface area (Å²) in [6, 6.07) is 0. The maximum Gasteiger partial charge on any atom is 0.0543 e. The third kappa shape index (κ3) is 1.50. The van der Waals surface area contributed by atoms with Crippen LogP contribution in [-0.4, -0.2) is 10.9 Å². The van der Waals surface area contributed by atoms with Crippen LogP contribution in [0, 0.1) is 6.92 Å². The summed E-state index contributed by atoms with van der Waals surface area (Å²) in [5, 5.41) is 2.06. The van der Waals surface area contributed by atoms with E-state index in [4.69, 9.17) is 5.73 Å². The van der Waals surface area contributed by atoms with Gasteiger partial charge in [-0.15, -0.1) is 0 Å². The van der Waals surface area contributed by atoms with Crippen molar-refractivity contribution in [3.05, 3.63) is 16.6 Å². The quantitative estimate of drug-likeness (QED) is 0.667. The van der Waals surface area contributed by atoms with Crippen LogP contribution in [0.25, 0.3) is 0 Å². The van der Waals surface area contributed by atoms with Crippen LogP contribution in [0.2, 0.25) is 0 Å². The highest BCUT2D eigenvalue weighted by Gasteiger charge is 1.96. The van der Waals surface area contributed by atoms with Gasteiger partial charge in [-0.25, -0.2) is 0 Å². The van der Waals surface area contributed by atoms with E-state index in [1.54, 1.807) is 0 Å². The summed E-state index contributed by atoms with van der Waals surface area (Å²) in [6.45, 7) is 2.74. The molecule has 0 radical (unpaired) electrons. The van der Waals surface area contributed by atoms with Crippen molar-refractivity contribution in [2.45, 2.75) is 13.3 Å². The lowest BCUT2D eigenvalue weighted by Crippen LogP contribution is -2.02. The SMILES string of the molecule is Cc1nscc1CCN. The van der Waals surface area contributed by atoms with Crippen molar-refractivity contribution in [2.75, 3.05) is 6.54 Å². The molecular formula is C6H10N2S. The number of rotatable bonds is 2. The van der Waals surface area contributed by atoms with Crippen LogP contribution in [-0.2, 0) is 6.42 Å². The van der Waals surface area contributed by atoms with E-state index in [0.29, 0.717) is 0 Å². The zero-order chi connectivity index (χ0) is 6.69. The molecule has 0 spiro atoms. The normalized spacial score (nSPS) is 10.0.